The van der Waals surface area contributed by atoms with Gasteiger partial charge in [-0.3, -0.25) is 14.4 Å². The van der Waals surface area contributed by atoms with Crippen molar-refractivity contribution >= 4 is 35.2 Å². The standard InChI is InChI=1S/C17H17FN2O6S/c1-10-5-15(20-26-10)19-16(22)8-27-9-17(23)25-7-13(21)12-6-11(18)3-4-14(12)24-2/h3-6H,7-9H2,1-2H3,(H,19,20,22). The third kappa shape index (κ3) is 6.41. The van der Waals surface area contributed by atoms with Crippen LogP contribution in [0.25, 0.3) is 0 Å². The van der Waals surface area contributed by atoms with Crippen molar-refractivity contribution < 1.29 is 32.8 Å². The summed E-state index contributed by atoms with van der Waals surface area (Å²) in [7, 11) is 1.35. The van der Waals surface area contributed by atoms with Gasteiger partial charge in [-0.2, -0.15) is 0 Å². The van der Waals surface area contributed by atoms with E-state index in [1.165, 1.54) is 13.2 Å². The zero-order chi connectivity index (χ0) is 19.8. The van der Waals surface area contributed by atoms with Crippen LogP contribution < -0.4 is 10.1 Å². The monoisotopic (exact) mass is 396 g/mol. The van der Waals surface area contributed by atoms with Crippen molar-refractivity contribution in [3.63, 3.8) is 0 Å². The van der Waals surface area contributed by atoms with Gasteiger partial charge in [0.25, 0.3) is 0 Å². The minimum absolute atomic E-state index is 0.00727. The molecule has 0 saturated carbocycles. The molecule has 0 atom stereocenters. The van der Waals surface area contributed by atoms with Gasteiger partial charge in [-0.25, -0.2) is 4.39 Å². The Kier molecular flexibility index (Phi) is 7.35. The zero-order valence-electron chi connectivity index (χ0n) is 14.6. The number of thioether (sulfide) groups is 1. The molecule has 1 heterocycles. The number of esters is 1. The van der Waals surface area contributed by atoms with Gasteiger partial charge in [0.15, 0.2) is 12.4 Å². The van der Waals surface area contributed by atoms with Crippen LogP contribution >= 0.6 is 11.8 Å². The van der Waals surface area contributed by atoms with Gasteiger partial charge in [0.1, 0.15) is 17.3 Å². The number of rotatable bonds is 9. The Morgan fingerprint density at radius 2 is 2.04 bits per heavy atom. The van der Waals surface area contributed by atoms with Crippen molar-refractivity contribution in [2.24, 2.45) is 0 Å². The summed E-state index contributed by atoms with van der Waals surface area (Å²) in [4.78, 5) is 35.4. The Bertz CT molecular complexity index is 839. The molecule has 0 aliphatic heterocycles. The summed E-state index contributed by atoms with van der Waals surface area (Å²) in [6.45, 7) is 1.14. The molecule has 27 heavy (non-hydrogen) atoms. The Labute approximate surface area is 158 Å². The lowest BCUT2D eigenvalue weighted by molar-refractivity contribution is -0.139. The van der Waals surface area contributed by atoms with Crippen LogP contribution in [-0.4, -0.2) is 48.0 Å². The molecule has 2 rings (SSSR count). The molecule has 2 aromatic rings. The van der Waals surface area contributed by atoms with Crippen LogP contribution in [0.4, 0.5) is 10.2 Å². The van der Waals surface area contributed by atoms with E-state index < -0.39 is 24.2 Å². The Morgan fingerprint density at radius 1 is 1.26 bits per heavy atom. The molecule has 0 unspecified atom stereocenters. The van der Waals surface area contributed by atoms with E-state index in [2.05, 4.69) is 10.5 Å². The molecule has 1 amide bonds. The predicted octanol–water partition coefficient (Wildman–Crippen LogP) is 2.23. The molecule has 8 nitrogen and oxygen atoms in total. The summed E-state index contributed by atoms with van der Waals surface area (Å²) in [5.41, 5.74) is -0.0137. The first-order valence-electron chi connectivity index (χ1n) is 7.72. The highest BCUT2D eigenvalue weighted by molar-refractivity contribution is 8.00. The van der Waals surface area contributed by atoms with E-state index in [0.717, 1.165) is 23.9 Å². The molecular weight excluding hydrogens is 379 g/mol. The topological polar surface area (TPSA) is 108 Å². The number of benzene rings is 1. The fraction of sp³-hybridized carbons (Fsp3) is 0.294. The number of nitrogens with zero attached hydrogens (tertiary/aromatic N) is 1. The van der Waals surface area contributed by atoms with Gasteiger partial charge in [-0.05, 0) is 25.1 Å². The van der Waals surface area contributed by atoms with Gasteiger partial charge >= 0.3 is 5.97 Å². The Balaban J connectivity index is 1.72. The summed E-state index contributed by atoms with van der Waals surface area (Å²) in [5.74, 6) is -1.33. The van der Waals surface area contributed by atoms with Gasteiger partial charge in [-0.1, -0.05) is 5.16 Å². The van der Waals surface area contributed by atoms with Gasteiger partial charge in [0.2, 0.25) is 11.7 Å². The van der Waals surface area contributed by atoms with E-state index >= 15 is 0 Å². The fourth-order valence-corrected chi connectivity index (χ4v) is 2.60. The summed E-state index contributed by atoms with van der Waals surface area (Å²) in [5, 5.41) is 6.12. The van der Waals surface area contributed by atoms with Gasteiger partial charge < -0.3 is 19.3 Å². The maximum absolute atomic E-state index is 13.3. The minimum atomic E-state index is -0.672. The number of hydrogen-bond donors (Lipinski definition) is 1. The van der Waals surface area contributed by atoms with E-state index in [1.807, 2.05) is 0 Å². The van der Waals surface area contributed by atoms with Crippen molar-refractivity contribution in [1.82, 2.24) is 5.16 Å². The second-order valence-corrected chi connectivity index (χ2v) is 6.28. The first kappa shape index (κ1) is 20.4. The summed E-state index contributed by atoms with van der Waals surface area (Å²) < 4.78 is 27.9. The average molecular weight is 396 g/mol. The SMILES string of the molecule is COc1ccc(F)cc1C(=O)COC(=O)CSCC(=O)Nc1cc(C)on1. The van der Waals surface area contributed by atoms with Crippen molar-refractivity contribution in [2.45, 2.75) is 6.92 Å². The quantitative estimate of drug-likeness (QED) is 0.508. The number of hydrogen-bond acceptors (Lipinski definition) is 8. The second kappa shape index (κ2) is 9.72. The number of carbonyl (C=O) groups is 3. The van der Waals surface area contributed by atoms with Crippen LogP contribution in [0.3, 0.4) is 0 Å². The van der Waals surface area contributed by atoms with E-state index in [9.17, 15) is 18.8 Å². The molecule has 10 heteroatoms. The third-order valence-electron chi connectivity index (χ3n) is 3.17. The number of amides is 1. The van der Waals surface area contributed by atoms with Crippen LogP contribution in [0.1, 0.15) is 16.1 Å². The molecule has 1 N–H and O–H groups in total. The summed E-state index contributed by atoms with van der Waals surface area (Å²) in [6, 6.07) is 5.04. The van der Waals surface area contributed by atoms with E-state index in [4.69, 9.17) is 14.0 Å². The number of aromatic nitrogens is 1. The van der Waals surface area contributed by atoms with Crippen molar-refractivity contribution in [3.8, 4) is 5.75 Å². The van der Waals surface area contributed by atoms with Crippen molar-refractivity contribution in [1.29, 1.82) is 0 Å². The Hall–Kier alpha value is -2.88. The predicted molar refractivity (Wildman–Crippen MR) is 95.4 cm³/mol. The molecule has 0 fully saturated rings. The molecule has 0 bridgehead atoms. The molecule has 0 radical (unpaired) electrons. The highest BCUT2D eigenvalue weighted by Crippen LogP contribution is 2.20. The first-order chi connectivity index (χ1) is 12.9. The number of Topliss-reactive ketones (excluding diaryl/α,β-unsaturated/α-hetero) is 1. The summed E-state index contributed by atoms with van der Waals surface area (Å²) >= 11 is 1.01. The highest BCUT2D eigenvalue weighted by atomic mass is 32.2. The second-order valence-electron chi connectivity index (χ2n) is 5.29. The smallest absolute Gasteiger partial charge is 0.316 e. The number of carbonyl (C=O) groups excluding carboxylic acids is 3. The maximum Gasteiger partial charge on any atom is 0.316 e. The van der Waals surface area contributed by atoms with Crippen molar-refractivity contribution in [2.75, 3.05) is 30.5 Å². The minimum Gasteiger partial charge on any atom is -0.496 e. The molecule has 0 aliphatic carbocycles. The maximum atomic E-state index is 13.3. The normalized spacial score (nSPS) is 10.3. The van der Waals surface area contributed by atoms with E-state index in [1.54, 1.807) is 13.0 Å². The molecule has 0 saturated heterocycles. The number of anilines is 1. The summed E-state index contributed by atoms with van der Waals surface area (Å²) in [6.07, 6.45) is 0. The lowest BCUT2D eigenvalue weighted by atomic mass is 10.1. The average Bonchev–Trinajstić information content (AvgIpc) is 3.04. The number of aryl methyl sites for hydroxylation is 1. The van der Waals surface area contributed by atoms with E-state index in [0.29, 0.717) is 5.76 Å². The molecule has 144 valence electrons. The number of ether oxygens (including phenoxy) is 2. The zero-order valence-corrected chi connectivity index (χ0v) is 15.4. The largest absolute Gasteiger partial charge is 0.496 e. The lowest BCUT2D eigenvalue weighted by Gasteiger charge is -2.08. The van der Waals surface area contributed by atoms with Gasteiger partial charge in [0.05, 0.1) is 24.2 Å². The molecule has 1 aromatic heterocycles. The van der Waals surface area contributed by atoms with E-state index in [-0.39, 0.29) is 34.5 Å². The van der Waals surface area contributed by atoms with Crippen LogP contribution in [0.15, 0.2) is 28.8 Å². The molecule has 1 aromatic carbocycles. The molecular formula is C17H17FN2O6S. The lowest BCUT2D eigenvalue weighted by Crippen LogP contribution is -2.18. The van der Waals surface area contributed by atoms with Crippen molar-refractivity contribution in [3.05, 3.63) is 41.4 Å². The highest BCUT2D eigenvalue weighted by Gasteiger charge is 2.16. The third-order valence-corrected chi connectivity index (χ3v) is 4.08. The van der Waals surface area contributed by atoms with Gasteiger partial charge in [-0.15, -0.1) is 11.8 Å². The van der Waals surface area contributed by atoms with Crippen LogP contribution in [0, 0.1) is 12.7 Å². The van der Waals surface area contributed by atoms with Crippen LogP contribution in [-0.2, 0) is 14.3 Å². The number of halogens is 1. The molecule has 0 aliphatic rings. The van der Waals surface area contributed by atoms with Crippen LogP contribution in [0.5, 0.6) is 5.75 Å². The van der Waals surface area contributed by atoms with Gasteiger partial charge in [0, 0.05) is 6.07 Å². The Morgan fingerprint density at radius 3 is 2.70 bits per heavy atom. The molecule has 0 spiro atoms. The number of nitrogens with one attached hydrogen (secondary N) is 1. The fourth-order valence-electron chi connectivity index (χ4n) is 1.99. The number of ketones is 1. The van der Waals surface area contributed by atoms with Crippen LogP contribution in [0.2, 0.25) is 0 Å². The first-order valence-corrected chi connectivity index (χ1v) is 8.87. The number of methoxy groups -OCH3 is 1.